The minimum absolute atomic E-state index is 0.0106. The molecule has 8 nitrogen and oxygen atoms in total. The van der Waals surface area contributed by atoms with Gasteiger partial charge in [0, 0.05) is 11.4 Å². The number of urea groups is 1. The molecule has 3 heterocycles. The minimum Gasteiger partial charge on any atom is -0.467 e. The molecule has 4 rings (SSSR count). The molecular formula is C21H24N4O4S2. The van der Waals surface area contributed by atoms with Crippen LogP contribution >= 0.6 is 23.1 Å². The Morgan fingerprint density at radius 1 is 1.35 bits per heavy atom. The summed E-state index contributed by atoms with van der Waals surface area (Å²) in [7, 11) is 0. The third-order valence-electron chi connectivity index (χ3n) is 5.11. The summed E-state index contributed by atoms with van der Waals surface area (Å²) < 4.78 is 6.82. The Kier molecular flexibility index (Phi) is 6.77. The summed E-state index contributed by atoms with van der Waals surface area (Å²) in [4.78, 5) is 44.1. The number of carbonyl (C=O) groups excluding carboxylic acids is 2. The molecule has 1 aliphatic rings. The number of aromatic nitrogens is 2. The van der Waals surface area contributed by atoms with E-state index in [-0.39, 0.29) is 17.9 Å². The van der Waals surface area contributed by atoms with Crippen molar-refractivity contribution in [1.82, 2.24) is 20.2 Å². The molecule has 3 amide bonds. The van der Waals surface area contributed by atoms with E-state index in [0.29, 0.717) is 17.5 Å². The number of hydrogen-bond acceptors (Lipinski definition) is 7. The van der Waals surface area contributed by atoms with Gasteiger partial charge in [0.05, 0.1) is 23.9 Å². The summed E-state index contributed by atoms with van der Waals surface area (Å²) in [6, 6.07) is 2.86. The van der Waals surface area contributed by atoms with E-state index in [4.69, 9.17) is 9.40 Å². The molecule has 0 saturated carbocycles. The topological polar surface area (TPSA) is 106 Å². The van der Waals surface area contributed by atoms with Crippen LogP contribution in [0.2, 0.25) is 0 Å². The van der Waals surface area contributed by atoms with Crippen molar-refractivity contribution in [2.24, 2.45) is 0 Å². The fourth-order valence-corrected chi connectivity index (χ4v) is 5.73. The molecule has 0 spiro atoms. The second-order valence-electron chi connectivity index (χ2n) is 7.34. The zero-order valence-corrected chi connectivity index (χ0v) is 18.9. The predicted molar refractivity (Wildman–Crippen MR) is 121 cm³/mol. The fourth-order valence-electron chi connectivity index (χ4n) is 3.60. The van der Waals surface area contributed by atoms with Gasteiger partial charge < -0.3 is 9.73 Å². The third kappa shape index (κ3) is 4.85. The number of aryl methyl sites for hydroxylation is 2. The van der Waals surface area contributed by atoms with Crippen LogP contribution in [0.25, 0.3) is 10.2 Å². The lowest BCUT2D eigenvalue weighted by atomic mass is 10.2. The first kappa shape index (κ1) is 21.6. The summed E-state index contributed by atoms with van der Waals surface area (Å²) in [5.41, 5.74) is 1.14. The number of nitrogens with one attached hydrogen (secondary N) is 2. The van der Waals surface area contributed by atoms with Crippen LogP contribution in [-0.4, -0.2) is 27.2 Å². The highest BCUT2D eigenvalue weighted by molar-refractivity contribution is 7.99. The molecule has 3 aromatic rings. The highest BCUT2D eigenvalue weighted by Crippen LogP contribution is 2.35. The van der Waals surface area contributed by atoms with Crippen molar-refractivity contribution in [3.63, 3.8) is 0 Å². The van der Waals surface area contributed by atoms with Crippen molar-refractivity contribution in [3.8, 4) is 0 Å². The van der Waals surface area contributed by atoms with E-state index >= 15 is 0 Å². The number of fused-ring (bicyclic) bond motifs is 3. The smallest absolute Gasteiger partial charge is 0.321 e. The van der Waals surface area contributed by atoms with Gasteiger partial charge >= 0.3 is 6.03 Å². The number of carbonyl (C=O) groups is 2. The Bertz CT molecular complexity index is 1150. The SMILES string of the molecule is CCCCn1c(SCC(=O)NC(=O)NCc2ccco2)nc2sc3c(c2c1=O)CCC3. The predicted octanol–water partition coefficient (Wildman–Crippen LogP) is 3.46. The Labute approximate surface area is 187 Å². The summed E-state index contributed by atoms with van der Waals surface area (Å²) in [5.74, 6) is 0.132. The molecular weight excluding hydrogens is 436 g/mol. The average molecular weight is 461 g/mol. The zero-order chi connectivity index (χ0) is 21.8. The molecule has 10 heteroatoms. The van der Waals surface area contributed by atoms with Crippen molar-refractivity contribution >= 4 is 45.3 Å². The first-order chi connectivity index (χ1) is 15.1. The van der Waals surface area contributed by atoms with Crippen LogP contribution in [0.3, 0.4) is 0 Å². The van der Waals surface area contributed by atoms with E-state index in [9.17, 15) is 14.4 Å². The molecule has 0 fully saturated rings. The number of thioether (sulfide) groups is 1. The molecule has 3 aromatic heterocycles. The summed E-state index contributed by atoms with van der Waals surface area (Å²) >= 11 is 2.77. The molecule has 164 valence electrons. The van der Waals surface area contributed by atoms with Crippen molar-refractivity contribution in [3.05, 3.63) is 45.0 Å². The largest absolute Gasteiger partial charge is 0.467 e. The van der Waals surface area contributed by atoms with Crippen molar-refractivity contribution in [2.45, 2.75) is 57.3 Å². The second-order valence-corrected chi connectivity index (χ2v) is 9.37. The maximum atomic E-state index is 13.2. The normalized spacial score (nSPS) is 12.8. The van der Waals surface area contributed by atoms with Gasteiger partial charge in [-0.25, -0.2) is 9.78 Å². The second kappa shape index (κ2) is 9.69. The van der Waals surface area contributed by atoms with E-state index in [1.165, 1.54) is 22.9 Å². The van der Waals surface area contributed by atoms with E-state index in [1.807, 2.05) is 0 Å². The molecule has 0 saturated heterocycles. The van der Waals surface area contributed by atoms with Crippen molar-refractivity contribution in [1.29, 1.82) is 0 Å². The van der Waals surface area contributed by atoms with Gasteiger partial charge in [-0.1, -0.05) is 25.1 Å². The fraction of sp³-hybridized carbons (Fsp3) is 0.429. The third-order valence-corrected chi connectivity index (χ3v) is 7.28. The van der Waals surface area contributed by atoms with E-state index in [0.717, 1.165) is 47.9 Å². The molecule has 2 N–H and O–H groups in total. The number of rotatable bonds is 8. The van der Waals surface area contributed by atoms with Gasteiger partial charge in [0.25, 0.3) is 5.56 Å². The lowest BCUT2D eigenvalue weighted by Gasteiger charge is -2.12. The molecule has 1 aliphatic carbocycles. The van der Waals surface area contributed by atoms with Gasteiger partial charge in [0.2, 0.25) is 5.91 Å². The van der Waals surface area contributed by atoms with Gasteiger partial charge in [-0.15, -0.1) is 11.3 Å². The molecule has 0 unspecified atom stereocenters. The average Bonchev–Trinajstić information content (AvgIpc) is 3.47. The maximum Gasteiger partial charge on any atom is 0.321 e. The summed E-state index contributed by atoms with van der Waals surface area (Å²) in [5, 5.41) is 6.13. The van der Waals surface area contributed by atoms with Crippen LogP contribution in [0.5, 0.6) is 0 Å². The number of imide groups is 1. The number of nitrogens with zero attached hydrogens (tertiary/aromatic N) is 2. The van der Waals surface area contributed by atoms with Crippen LogP contribution in [0.1, 0.15) is 42.4 Å². The molecule has 0 aliphatic heterocycles. The van der Waals surface area contributed by atoms with Gasteiger partial charge in [0.15, 0.2) is 5.16 Å². The van der Waals surface area contributed by atoms with Crippen LogP contribution in [0.15, 0.2) is 32.8 Å². The van der Waals surface area contributed by atoms with E-state index in [1.54, 1.807) is 28.0 Å². The van der Waals surface area contributed by atoms with E-state index in [2.05, 4.69) is 17.6 Å². The molecule has 31 heavy (non-hydrogen) atoms. The maximum absolute atomic E-state index is 13.2. The van der Waals surface area contributed by atoms with Crippen LogP contribution < -0.4 is 16.2 Å². The highest BCUT2D eigenvalue weighted by atomic mass is 32.2. The van der Waals surface area contributed by atoms with Crippen molar-refractivity contribution < 1.29 is 14.0 Å². The summed E-state index contributed by atoms with van der Waals surface area (Å²) in [6.45, 7) is 2.83. The number of unbranched alkanes of at least 4 members (excludes halogenated alkanes) is 1. The lowest BCUT2D eigenvalue weighted by Crippen LogP contribution is -2.40. The van der Waals surface area contributed by atoms with Crippen LogP contribution in [0, 0.1) is 0 Å². The molecule has 0 atom stereocenters. The van der Waals surface area contributed by atoms with Gasteiger partial charge in [0.1, 0.15) is 10.6 Å². The lowest BCUT2D eigenvalue weighted by molar-refractivity contribution is -0.117. The Hall–Kier alpha value is -2.59. The minimum atomic E-state index is -0.594. The van der Waals surface area contributed by atoms with Gasteiger partial charge in [-0.3, -0.25) is 19.5 Å². The number of thiophene rings is 1. The molecule has 0 radical (unpaired) electrons. The zero-order valence-electron chi connectivity index (χ0n) is 17.2. The van der Waals surface area contributed by atoms with Crippen LogP contribution in [-0.2, 0) is 30.7 Å². The Morgan fingerprint density at radius 3 is 3.00 bits per heavy atom. The number of amides is 3. The summed E-state index contributed by atoms with van der Waals surface area (Å²) in [6.07, 6.45) is 6.34. The molecule has 0 aromatic carbocycles. The van der Waals surface area contributed by atoms with Crippen LogP contribution in [0.4, 0.5) is 4.79 Å². The quantitative estimate of drug-likeness (QED) is 0.394. The first-order valence-corrected chi connectivity index (χ1v) is 12.1. The first-order valence-electron chi connectivity index (χ1n) is 10.3. The molecule has 0 bridgehead atoms. The Morgan fingerprint density at radius 2 is 2.23 bits per heavy atom. The van der Waals surface area contributed by atoms with E-state index < -0.39 is 11.9 Å². The Balaban J connectivity index is 1.45. The van der Waals surface area contributed by atoms with Gasteiger partial charge in [-0.2, -0.15) is 0 Å². The number of hydrogen-bond donors (Lipinski definition) is 2. The van der Waals surface area contributed by atoms with Gasteiger partial charge in [-0.05, 0) is 43.4 Å². The number of furan rings is 1. The standard InChI is InChI=1S/C21H24N4O4S2/c1-2-3-9-25-19(27)17-14-7-4-8-15(14)31-18(17)24-21(25)30-12-16(26)23-20(28)22-11-13-6-5-10-29-13/h5-6,10H,2-4,7-9,11-12H2,1H3,(H2,22,23,26,28). The monoisotopic (exact) mass is 460 g/mol. The van der Waals surface area contributed by atoms with Crippen molar-refractivity contribution in [2.75, 3.05) is 5.75 Å². The highest BCUT2D eigenvalue weighted by Gasteiger charge is 2.23.